The summed E-state index contributed by atoms with van der Waals surface area (Å²) in [4.78, 5) is 29.0. The first-order chi connectivity index (χ1) is 14.1. The fourth-order valence-electron chi connectivity index (χ4n) is 4.44. The van der Waals surface area contributed by atoms with Crippen molar-refractivity contribution in [2.24, 2.45) is 0 Å². The minimum atomic E-state index is -0.637. The third kappa shape index (κ3) is 3.15. The van der Waals surface area contributed by atoms with Gasteiger partial charge in [-0.05, 0) is 43.7 Å². The van der Waals surface area contributed by atoms with Gasteiger partial charge >= 0.3 is 0 Å². The predicted octanol–water partition coefficient (Wildman–Crippen LogP) is 2.73. The van der Waals surface area contributed by atoms with Gasteiger partial charge in [-0.15, -0.1) is 0 Å². The zero-order valence-corrected chi connectivity index (χ0v) is 15.8. The highest BCUT2D eigenvalue weighted by Crippen LogP contribution is 2.32. The molecule has 2 aromatic carbocycles. The number of piperidine rings is 1. The van der Waals surface area contributed by atoms with E-state index in [1.807, 2.05) is 24.3 Å². The lowest BCUT2D eigenvalue weighted by atomic mass is 10.0. The van der Waals surface area contributed by atoms with Gasteiger partial charge in [-0.3, -0.25) is 19.4 Å². The average Bonchev–Trinajstić information content (AvgIpc) is 2.99. The largest absolute Gasteiger partial charge is 0.486 e. The van der Waals surface area contributed by atoms with Gasteiger partial charge in [-0.2, -0.15) is 0 Å². The molecule has 0 unspecified atom stereocenters. The van der Waals surface area contributed by atoms with Gasteiger partial charge in [0.1, 0.15) is 18.5 Å². The zero-order valence-electron chi connectivity index (χ0n) is 15.8. The normalized spacial score (nSPS) is 24.0. The second-order valence-corrected chi connectivity index (χ2v) is 7.70. The first kappa shape index (κ1) is 18.1. The second-order valence-electron chi connectivity index (χ2n) is 7.70. The molecule has 3 heterocycles. The number of halogens is 1. The minimum absolute atomic E-state index is 0.102. The highest BCUT2D eigenvalue weighted by atomic mass is 19.1. The van der Waals surface area contributed by atoms with Crippen LogP contribution in [-0.2, 0) is 0 Å². The smallest absolute Gasteiger partial charge is 0.264 e. The van der Waals surface area contributed by atoms with Crippen LogP contribution in [0, 0.1) is 5.82 Å². The number of likely N-dealkylation sites (tertiary alicyclic amines) is 1. The number of fused-ring (bicyclic) bond motifs is 2. The summed E-state index contributed by atoms with van der Waals surface area (Å²) in [6.07, 6.45) is 1.45. The van der Waals surface area contributed by atoms with E-state index in [-0.39, 0.29) is 23.3 Å². The van der Waals surface area contributed by atoms with Gasteiger partial charge in [0, 0.05) is 13.1 Å². The Bertz CT molecular complexity index is 979. The molecule has 0 bridgehead atoms. The fourth-order valence-corrected chi connectivity index (χ4v) is 4.44. The molecule has 150 valence electrons. The Labute approximate surface area is 167 Å². The fraction of sp³-hybridized carbons (Fsp3) is 0.364. The van der Waals surface area contributed by atoms with E-state index >= 15 is 0 Å². The lowest BCUT2D eigenvalue weighted by molar-refractivity contribution is 0.0299. The number of para-hydroxylation sites is 2. The second kappa shape index (κ2) is 7.15. The molecule has 29 heavy (non-hydrogen) atoms. The number of imide groups is 1. The number of nitrogens with zero attached hydrogens (tertiary/aromatic N) is 2. The van der Waals surface area contributed by atoms with Crippen LogP contribution in [0.25, 0.3) is 0 Å². The molecule has 0 aliphatic carbocycles. The molecule has 7 heteroatoms. The minimum Gasteiger partial charge on any atom is -0.486 e. The maximum Gasteiger partial charge on any atom is 0.264 e. The topological polar surface area (TPSA) is 59.1 Å². The Hall–Kier alpha value is -2.93. The molecule has 3 aliphatic heterocycles. The van der Waals surface area contributed by atoms with Crippen LogP contribution in [0.4, 0.5) is 4.39 Å². The van der Waals surface area contributed by atoms with Crippen molar-refractivity contribution in [3.05, 3.63) is 59.4 Å². The van der Waals surface area contributed by atoms with E-state index in [0.29, 0.717) is 26.1 Å². The van der Waals surface area contributed by atoms with Gasteiger partial charge in [0.15, 0.2) is 11.5 Å². The van der Waals surface area contributed by atoms with Crippen LogP contribution in [-0.4, -0.2) is 60.0 Å². The first-order valence-corrected chi connectivity index (χ1v) is 9.89. The summed E-state index contributed by atoms with van der Waals surface area (Å²) in [6.45, 7) is 2.50. The highest BCUT2D eigenvalue weighted by molar-refractivity contribution is 6.21. The first-order valence-electron chi connectivity index (χ1n) is 9.89. The summed E-state index contributed by atoms with van der Waals surface area (Å²) < 4.78 is 25.9. The predicted molar refractivity (Wildman–Crippen MR) is 103 cm³/mol. The molecule has 1 fully saturated rings. The summed E-state index contributed by atoms with van der Waals surface area (Å²) in [7, 11) is 0. The molecule has 2 atom stereocenters. The molecule has 1 saturated heterocycles. The molecule has 0 spiro atoms. The van der Waals surface area contributed by atoms with E-state index in [9.17, 15) is 14.0 Å². The SMILES string of the molecule is O=C1c2cccc(F)c2C(=O)N1[C@H]1CCCN(C[C@H]2COc3ccccc3O2)C1. The van der Waals surface area contributed by atoms with Crippen LogP contribution >= 0.6 is 0 Å². The van der Waals surface area contributed by atoms with Crippen molar-refractivity contribution in [1.82, 2.24) is 9.80 Å². The average molecular weight is 396 g/mol. The van der Waals surface area contributed by atoms with Gasteiger partial charge in [0.05, 0.1) is 17.2 Å². The maximum absolute atomic E-state index is 14.1. The molecular formula is C22H21FN2O4. The van der Waals surface area contributed by atoms with E-state index in [1.54, 1.807) is 0 Å². The van der Waals surface area contributed by atoms with Gasteiger partial charge in [-0.25, -0.2) is 4.39 Å². The number of amides is 2. The molecule has 0 radical (unpaired) electrons. The summed E-state index contributed by atoms with van der Waals surface area (Å²) in [5.41, 5.74) is 0.0583. The number of carbonyl (C=O) groups is 2. The van der Waals surface area contributed by atoms with E-state index < -0.39 is 17.6 Å². The van der Waals surface area contributed by atoms with Crippen LogP contribution in [0.15, 0.2) is 42.5 Å². The number of rotatable bonds is 3. The summed E-state index contributed by atoms with van der Waals surface area (Å²) in [5, 5.41) is 0. The molecule has 0 aromatic heterocycles. The van der Waals surface area contributed by atoms with E-state index in [1.165, 1.54) is 23.1 Å². The molecular weight excluding hydrogens is 375 g/mol. The molecule has 0 saturated carbocycles. The number of carbonyl (C=O) groups excluding carboxylic acids is 2. The Kier molecular flexibility index (Phi) is 4.47. The lowest BCUT2D eigenvalue weighted by Gasteiger charge is -2.38. The summed E-state index contributed by atoms with van der Waals surface area (Å²) >= 11 is 0. The monoisotopic (exact) mass is 396 g/mol. The van der Waals surface area contributed by atoms with Crippen molar-refractivity contribution in [2.75, 3.05) is 26.2 Å². The molecule has 0 N–H and O–H groups in total. The molecule has 6 nitrogen and oxygen atoms in total. The summed E-state index contributed by atoms with van der Waals surface area (Å²) in [6, 6.07) is 11.5. The van der Waals surface area contributed by atoms with Gasteiger partial charge in [0.25, 0.3) is 11.8 Å². The number of hydrogen-bond acceptors (Lipinski definition) is 5. The van der Waals surface area contributed by atoms with Gasteiger partial charge in [-0.1, -0.05) is 18.2 Å². The van der Waals surface area contributed by atoms with E-state index in [4.69, 9.17) is 9.47 Å². The Balaban J connectivity index is 1.28. The lowest BCUT2D eigenvalue weighted by Crippen LogP contribution is -2.52. The molecule has 2 amide bonds. The third-order valence-electron chi connectivity index (χ3n) is 5.77. The highest BCUT2D eigenvalue weighted by Gasteiger charge is 2.43. The van der Waals surface area contributed by atoms with Gasteiger partial charge < -0.3 is 9.47 Å². The Morgan fingerprint density at radius 1 is 1.03 bits per heavy atom. The van der Waals surface area contributed by atoms with Crippen LogP contribution in [0.3, 0.4) is 0 Å². The van der Waals surface area contributed by atoms with Crippen molar-refractivity contribution in [3.8, 4) is 11.5 Å². The van der Waals surface area contributed by atoms with Crippen molar-refractivity contribution in [3.63, 3.8) is 0 Å². The molecule has 5 rings (SSSR count). The standard InChI is InChI=1S/C22H21FN2O4/c23-17-7-3-6-16-20(17)22(27)25(21(16)26)14-5-4-10-24(11-14)12-15-13-28-18-8-1-2-9-19(18)29-15/h1-3,6-9,14-15H,4-5,10-13H2/t14-,15-/m0/s1. The van der Waals surface area contributed by atoms with Crippen LogP contribution in [0.1, 0.15) is 33.6 Å². The number of hydrogen-bond donors (Lipinski definition) is 0. The van der Waals surface area contributed by atoms with Crippen molar-refractivity contribution in [1.29, 1.82) is 0 Å². The Morgan fingerprint density at radius 3 is 2.69 bits per heavy atom. The third-order valence-corrected chi connectivity index (χ3v) is 5.77. The maximum atomic E-state index is 14.1. The quantitative estimate of drug-likeness (QED) is 0.747. The summed E-state index contributed by atoms with van der Waals surface area (Å²) in [5.74, 6) is -0.0902. The number of ether oxygens (including phenoxy) is 2. The zero-order chi connectivity index (χ0) is 20.0. The number of benzene rings is 2. The Morgan fingerprint density at radius 2 is 1.86 bits per heavy atom. The van der Waals surface area contributed by atoms with Gasteiger partial charge in [0.2, 0.25) is 0 Å². The molecule has 3 aliphatic rings. The molecule has 2 aromatic rings. The van der Waals surface area contributed by atoms with E-state index in [0.717, 1.165) is 24.5 Å². The van der Waals surface area contributed by atoms with Crippen molar-refractivity contribution in [2.45, 2.75) is 25.0 Å². The van der Waals surface area contributed by atoms with E-state index in [2.05, 4.69) is 4.90 Å². The van der Waals surface area contributed by atoms with Crippen LogP contribution in [0.5, 0.6) is 11.5 Å². The van der Waals surface area contributed by atoms with Crippen LogP contribution < -0.4 is 9.47 Å². The van der Waals surface area contributed by atoms with Crippen LogP contribution in [0.2, 0.25) is 0 Å². The van der Waals surface area contributed by atoms with Crippen molar-refractivity contribution >= 4 is 11.8 Å². The van der Waals surface area contributed by atoms with Crippen molar-refractivity contribution < 1.29 is 23.5 Å².